The van der Waals surface area contributed by atoms with E-state index < -0.39 is 21.8 Å². The van der Waals surface area contributed by atoms with Crippen LogP contribution in [0.25, 0.3) is 0 Å². The topological polar surface area (TPSA) is 109 Å². The van der Waals surface area contributed by atoms with Gasteiger partial charge in [0.15, 0.2) is 0 Å². The monoisotopic (exact) mass is 678 g/mol. The smallest absolute Gasteiger partial charge is 0.335 e. The molecule has 0 aromatic heterocycles. The first-order chi connectivity index (χ1) is 22.3. The van der Waals surface area contributed by atoms with Gasteiger partial charge in [-0.25, -0.2) is 18.0 Å². The average Bonchev–Trinajstić information content (AvgIpc) is 3.03. The Hall–Kier alpha value is -2.75. The number of rotatable bonds is 20. The lowest BCUT2D eigenvalue weighted by Crippen LogP contribution is -2.50. The van der Waals surface area contributed by atoms with Crippen LogP contribution in [0.5, 0.6) is 0 Å². The largest absolute Gasteiger partial charge is 0.478 e. The summed E-state index contributed by atoms with van der Waals surface area (Å²) in [4.78, 5) is 21.3. The molecule has 0 saturated carbocycles. The SMILES string of the molecule is CCC[N+](CCC)(CCC)CCC.CCC[N+](CCC)(CCC)CCC.O=C(O)c1ccc(S(=O)(=O)c2ccc(C(=O)O)cc2)cc1. The number of benzene rings is 2. The van der Waals surface area contributed by atoms with Crippen molar-refractivity contribution in [2.75, 3.05) is 52.4 Å². The Balaban J connectivity index is 0.000000714. The van der Waals surface area contributed by atoms with E-state index in [1.165, 1.54) is 161 Å². The summed E-state index contributed by atoms with van der Waals surface area (Å²) in [7, 11) is -3.81. The van der Waals surface area contributed by atoms with Crippen LogP contribution < -0.4 is 0 Å². The molecule has 0 aliphatic carbocycles. The fourth-order valence-corrected chi connectivity index (χ4v) is 8.09. The van der Waals surface area contributed by atoms with Crippen molar-refractivity contribution in [1.29, 1.82) is 0 Å². The molecule has 0 saturated heterocycles. The van der Waals surface area contributed by atoms with Crippen LogP contribution in [0.2, 0.25) is 0 Å². The molecular weight excluding hydrogens is 612 g/mol. The van der Waals surface area contributed by atoms with Gasteiger partial charge < -0.3 is 19.2 Å². The quantitative estimate of drug-likeness (QED) is 0.136. The summed E-state index contributed by atoms with van der Waals surface area (Å²) in [6.07, 6.45) is 10.7. The van der Waals surface area contributed by atoms with E-state index in [4.69, 9.17) is 10.2 Å². The molecule has 0 spiro atoms. The molecule has 9 heteroatoms. The van der Waals surface area contributed by atoms with Crippen molar-refractivity contribution in [3.05, 3.63) is 59.7 Å². The molecule has 0 heterocycles. The van der Waals surface area contributed by atoms with Crippen LogP contribution in [0.1, 0.15) is 127 Å². The maximum Gasteiger partial charge on any atom is 0.335 e. The maximum atomic E-state index is 12.3. The van der Waals surface area contributed by atoms with Crippen molar-refractivity contribution in [1.82, 2.24) is 0 Å². The lowest BCUT2D eigenvalue weighted by atomic mass is 10.2. The molecule has 2 rings (SSSR count). The summed E-state index contributed by atoms with van der Waals surface area (Å²) in [5.41, 5.74) is -0.0367. The Labute approximate surface area is 286 Å². The summed E-state index contributed by atoms with van der Waals surface area (Å²) >= 11 is 0. The normalized spacial score (nSPS) is 11.6. The Kier molecular flexibility index (Phi) is 22.2. The van der Waals surface area contributed by atoms with Gasteiger partial charge >= 0.3 is 11.9 Å². The third-order valence-corrected chi connectivity index (χ3v) is 10.2. The fraction of sp³-hybridized carbons (Fsp3) is 0.632. The predicted molar refractivity (Wildman–Crippen MR) is 194 cm³/mol. The molecule has 0 unspecified atom stereocenters. The van der Waals surface area contributed by atoms with Gasteiger partial charge in [0.1, 0.15) is 0 Å². The highest BCUT2D eigenvalue weighted by Crippen LogP contribution is 2.22. The summed E-state index contributed by atoms with van der Waals surface area (Å²) in [6, 6.07) is 9.57. The summed E-state index contributed by atoms with van der Waals surface area (Å²) in [5, 5.41) is 17.5. The van der Waals surface area contributed by atoms with Crippen LogP contribution in [0.15, 0.2) is 58.3 Å². The van der Waals surface area contributed by atoms with Crippen molar-refractivity contribution in [2.45, 2.75) is 117 Å². The first kappa shape index (κ1) is 44.2. The zero-order valence-corrected chi connectivity index (χ0v) is 31.6. The van der Waals surface area contributed by atoms with Gasteiger partial charge in [-0.05, 0) is 99.9 Å². The Morgan fingerprint density at radius 2 is 0.638 bits per heavy atom. The van der Waals surface area contributed by atoms with Crippen LogP contribution in [-0.2, 0) is 9.84 Å². The lowest BCUT2D eigenvalue weighted by Gasteiger charge is -2.38. The molecule has 0 amide bonds. The Morgan fingerprint density at radius 3 is 0.787 bits per heavy atom. The van der Waals surface area contributed by atoms with Crippen molar-refractivity contribution >= 4 is 21.8 Å². The second kappa shape index (κ2) is 23.6. The Morgan fingerprint density at radius 1 is 0.447 bits per heavy atom. The van der Waals surface area contributed by atoms with E-state index >= 15 is 0 Å². The number of carbonyl (C=O) groups is 2. The zero-order chi connectivity index (χ0) is 35.9. The number of sulfone groups is 1. The molecular formula is C38H66N2O6S+2. The number of hydrogen-bond acceptors (Lipinski definition) is 4. The summed E-state index contributed by atoms with van der Waals surface area (Å²) < 4.78 is 27.4. The van der Waals surface area contributed by atoms with E-state index in [0.29, 0.717) is 0 Å². The maximum absolute atomic E-state index is 12.3. The highest BCUT2D eigenvalue weighted by Gasteiger charge is 2.24. The van der Waals surface area contributed by atoms with Crippen molar-refractivity contribution in [3.8, 4) is 0 Å². The van der Waals surface area contributed by atoms with Crippen LogP contribution in [0, 0.1) is 0 Å². The third-order valence-electron chi connectivity index (χ3n) is 8.41. The molecule has 0 aliphatic rings. The number of carboxylic acid groups (broad SMARTS) is 2. The molecule has 8 nitrogen and oxygen atoms in total. The molecule has 47 heavy (non-hydrogen) atoms. The standard InChI is InChI=1S/C14H10O6S.2C12H28N/c15-13(16)9-1-5-11(6-2-9)21(19,20)12-7-3-10(4-8-12)14(17)18;2*1-5-9-13(10-6-2,11-7-3)12-8-4/h1-8H,(H,15,16)(H,17,18);2*5-12H2,1-4H3/q;2*+1. The molecule has 0 radical (unpaired) electrons. The van der Waals surface area contributed by atoms with Gasteiger partial charge in [0.05, 0.1) is 73.3 Å². The van der Waals surface area contributed by atoms with E-state index in [9.17, 15) is 18.0 Å². The molecule has 0 bridgehead atoms. The van der Waals surface area contributed by atoms with Gasteiger partial charge in [-0.2, -0.15) is 0 Å². The van der Waals surface area contributed by atoms with Crippen LogP contribution in [0.4, 0.5) is 0 Å². The first-order valence-electron chi connectivity index (χ1n) is 17.9. The second-order valence-electron chi connectivity index (χ2n) is 12.6. The number of nitrogens with zero attached hydrogens (tertiary/aromatic N) is 2. The van der Waals surface area contributed by atoms with Gasteiger partial charge in [0.25, 0.3) is 0 Å². The van der Waals surface area contributed by atoms with E-state index in [1.54, 1.807) is 0 Å². The van der Waals surface area contributed by atoms with E-state index in [0.717, 1.165) is 0 Å². The highest BCUT2D eigenvalue weighted by molar-refractivity contribution is 7.91. The molecule has 0 fully saturated rings. The molecule has 0 aliphatic heterocycles. The molecule has 268 valence electrons. The summed E-state index contributed by atoms with van der Waals surface area (Å²) in [5.74, 6) is -2.30. The second-order valence-corrected chi connectivity index (χ2v) is 14.6. The van der Waals surface area contributed by atoms with Crippen molar-refractivity contribution in [3.63, 3.8) is 0 Å². The minimum absolute atomic E-state index is 0.0184. The molecule has 0 atom stereocenters. The minimum atomic E-state index is -3.81. The van der Waals surface area contributed by atoms with Gasteiger partial charge in [-0.15, -0.1) is 0 Å². The predicted octanol–water partition coefficient (Wildman–Crippen LogP) is 8.80. The molecule has 2 N–H and O–H groups in total. The van der Waals surface area contributed by atoms with Crippen LogP contribution >= 0.6 is 0 Å². The number of hydrogen-bond donors (Lipinski definition) is 2. The molecule has 2 aromatic carbocycles. The first-order valence-corrected chi connectivity index (χ1v) is 19.4. The van der Waals surface area contributed by atoms with E-state index in [2.05, 4.69) is 55.4 Å². The van der Waals surface area contributed by atoms with Gasteiger partial charge in [-0.1, -0.05) is 55.4 Å². The number of aromatic carboxylic acids is 2. The van der Waals surface area contributed by atoms with Gasteiger partial charge in [0, 0.05) is 0 Å². The summed E-state index contributed by atoms with van der Waals surface area (Å²) in [6.45, 7) is 29.6. The van der Waals surface area contributed by atoms with Crippen LogP contribution in [0.3, 0.4) is 0 Å². The van der Waals surface area contributed by atoms with Gasteiger partial charge in [-0.3, -0.25) is 0 Å². The van der Waals surface area contributed by atoms with Crippen molar-refractivity contribution in [2.24, 2.45) is 0 Å². The lowest BCUT2D eigenvalue weighted by molar-refractivity contribution is -0.928. The van der Waals surface area contributed by atoms with Crippen molar-refractivity contribution < 1.29 is 37.2 Å². The number of carboxylic acids is 2. The number of quaternary nitrogens is 2. The van der Waals surface area contributed by atoms with Gasteiger partial charge in [0.2, 0.25) is 9.84 Å². The van der Waals surface area contributed by atoms with Crippen LogP contribution in [-0.4, -0.2) is 91.9 Å². The fourth-order valence-electron chi connectivity index (χ4n) is 6.83. The Bertz CT molecular complexity index is 1090. The highest BCUT2D eigenvalue weighted by atomic mass is 32.2. The zero-order valence-electron chi connectivity index (χ0n) is 30.8. The minimum Gasteiger partial charge on any atom is -0.478 e. The van der Waals surface area contributed by atoms with E-state index in [-0.39, 0.29) is 20.9 Å². The third kappa shape index (κ3) is 15.3. The average molecular weight is 679 g/mol. The molecule has 2 aromatic rings. The van der Waals surface area contributed by atoms with E-state index in [1.807, 2.05) is 0 Å².